The second kappa shape index (κ2) is 7.66. The lowest BCUT2D eigenvalue weighted by atomic mass is 10.2. The molecule has 1 aromatic carbocycles. The maximum atomic E-state index is 12.3. The van der Waals surface area contributed by atoms with Crippen LogP contribution in [0.15, 0.2) is 29.2 Å². The molecule has 1 aliphatic rings. The molecule has 0 bridgehead atoms. The minimum absolute atomic E-state index is 0.218. The number of likely N-dealkylation sites (N-methyl/N-ethyl adjacent to an activating group) is 1. The van der Waals surface area contributed by atoms with Gasteiger partial charge in [-0.15, -0.1) is 0 Å². The van der Waals surface area contributed by atoms with Crippen LogP contribution in [0.25, 0.3) is 6.08 Å². The van der Waals surface area contributed by atoms with E-state index in [0.717, 1.165) is 22.2 Å². The van der Waals surface area contributed by atoms with Gasteiger partial charge in [-0.2, -0.15) is 0 Å². The van der Waals surface area contributed by atoms with E-state index < -0.39 is 11.1 Å². The average molecular weight is 353 g/mol. The van der Waals surface area contributed by atoms with Crippen LogP contribution in [0, 0.1) is 0 Å². The zero-order valence-corrected chi connectivity index (χ0v) is 14.5. The predicted octanol–water partition coefficient (Wildman–Crippen LogP) is 3.24. The van der Waals surface area contributed by atoms with Gasteiger partial charge < -0.3 is 4.90 Å². The first-order valence-electron chi connectivity index (χ1n) is 7.25. The van der Waals surface area contributed by atoms with Crippen molar-refractivity contribution in [3.05, 3.63) is 39.8 Å². The SMILES string of the molecule is CCN(CC)C(=O)CN1C(=O)S/C(=C\c2ccc(Cl)cc2)C1=O. The number of thioether (sulfide) groups is 1. The van der Waals surface area contributed by atoms with E-state index in [1.165, 1.54) is 0 Å². The molecule has 2 rings (SSSR count). The molecule has 0 unspecified atom stereocenters. The molecule has 0 spiro atoms. The third kappa shape index (κ3) is 4.14. The maximum absolute atomic E-state index is 12.3. The molecular weight excluding hydrogens is 336 g/mol. The van der Waals surface area contributed by atoms with E-state index in [1.54, 1.807) is 35.2 Å². The summed E-state index contributed by atoms with van der Waals surface area (Å²) in [6.07, 6.45) is 1.63. The summed E-state index contributed by atoms with van der Waals surface area (Å²) in [5.74, 6) is -0.666. The first-order valence-corrected chi connectivity index (χ1v) is 8.44. The van der Waals surface area contributed by atoms with Gasteiger partial charge in [-0.3, -0.25) is 19.3 Å². The fraction of sp³-hybridized carbons (Fsp3) is 0.312. The van der Waals surface area contributed by atoms with Gasteiger partial charge in [-0.05, 0) is 49.4 Å². The van der Waals surface area contributed by atoms with Crippen LogP contribution in [0.2, 0.25) is 5.02 Å². The standard InChI is InChI=1S/C16H17ClN2O3S/c1-3-18(4-2)14(20)10-19-15(21)13(23-16(19)22)9-11-5-7-12(17)8-6-11/h5-9H,3-4,10H2,1-2H3/b13-9-. The van der Waals surface area contributed by atoms with Gasteiger partial charge in [0, 0.05) is 18.1 Å². The minimum atomic E-state index is -0.435. The topological polar surface area (TPSA) is 57.7 Å². The van der Waals surface area contributed by atoms with Crippen LogP contribution in [-0.4, -0.2) is 46.5 Å². The van der Waals surface area contributed by atoms with Crippen molar-refractivity contribution in [2.45, 2.75) is 13.8 Å². The molecule has 7 heteroatoms. The van der Waals surface area contributed by atoms with E-state index >= 15 is 0 Å². The van der Waals surface area contributed by atoms with Crippen LogP contribution in [0.4, 0.5) is 4.79 Å². The molecule has 0 radical (unpaired) electrons. The number of nitrogens with zero attached hydrogens (tertiary/aromatic N) is 2. The Kier molecular flexibility index (Phi) is 5.85. The Bertz CT molecular complexity index is 654. The van der Waals surface area contributed by atoms with Gasteiger partial charge in [0.05, 0.1) is 4.91 Å². The summed E-state index contributed by atoms with van der Waals surface area (Å²) in [7, 11) is 0. The fourth-order valence-electron chi connectivity index (χ4n) is 2.16. The van der Waals surface area contributed by atoms with Gasteiger partial charge in [0.25, 0.3) is 11.1 Å². The third-order valence-electron chi connectivity index (χ3n) is 3.45. The van der Waals surface area contributed by atoms with Gasteiger partial charge in [0.2, 0.25) is 5.91 Å². The highest BCUT2D eigenvalue weighted by atomic mass is 35.5. The lowest BCUT2D eigenvalue weighted by Crippen LogP contribution is -2.41. The van der Waals surface area contributed by atoms with Crippen molar-refractivity contribution in [2.24, 2.45) is 0 Å². The molecular formula is C16H17ClN2O3S. The highest BCUT2D eigenvalue weighted by Crippen LogP contribution is 2.32. The minimum Gasteiger partial charge on any atom is -0.342 e. The van der Waals surface area contributed by atoms with E-state index in [1.807, 2.05) is 13.8 Å². The van der Waals surface area contributed by atoms with Crippen LogP contribution in [0.1, 0.15) is 19.4 Å². The molecule has 1 heterocycles. The highest BCUT2D eigenvalue weighted by molar-refractivity contribution is 8.18. The summed E-state index contributed by atoms with van der Waals surface area (Å²) in [4.78, 5) is 39.3. The summed E-state index contributed by atoms with van der Waals surface area (Å²) in [6.45, 7) is 4.59. The predicted molar refractivity (Wildman–Crippen MR) is 92.1 cm³/mol. The quantitative estimate of drug-likeness (QED) is 0.763. The van der Waals surface area contributed by atoms with Crippen molar-refractivity contribution in [1.29, 1.82) is 0 Å². The monoisotopic (exact) mass is 352 g/mol. The Hall–Kier alpha value is -1.79. The Morgan fingerprint density at radius 3 is 2.39 bits per heavy atom. The molecule has 1 aliphatic heterocycles. The molecule has 0 aromatic heterocycles. The van der Waals surface area contributed by atoms with Crippen molar-refractivity contribution >= 4 is 46.5 Å². The lowest BCUT2D eigenvalue weighted by Gasteiger charge is -2.21. The van der Waals surface area contributed by atoms with Crippen molar-refractivity contribution in [3.8, 4) is 0 Å². The van der Waals surface area contributed by atoms with Crippen molar-refractivity contribution < 1.29 is 14.4 Å². The second-order valence-corrected chi connectivity index (χ2v) is 6.32. The fourth-order valence-corrected chi connectivity index (χ4v) is 3.12. The Morgan fingerprint density at radius 1 is 1.22 bits per heavy atom. The van der Waals surface area contributed by atoms with Gasteiger partial charge >= 0.3 is 0 Å². The first kappa shape index (κ1) is 17.6. The number of amides is 3. The lowest BCUT2D eigenvalue weighted by molar-refractivity contribution is -0.135. The van der Waals surface area contributed by atoms with Gasteiger partial charge in [-0.25, -0.2) is 0 Å². The van der Waals surface area contributed by atoms with Crippen LogP contribution >= 0.6 is 23.4 Å². The number of hydrogen-bond acceptors (Lipinski definition) is 4. The number of rotatable bonds is 5. The molecule has 23 heavy (non-hydrogen) atoms. The first-order chi connectivity index (χ1) is 11.0. The normalized spacial score (nSPS) is 16.3. The third-order valence-corrected chi connectivity index (χ3v) is 4.61. The van der Waals surface area contributed by atoms with E-state index in [9.17, 15) is 14.4 Å². The number of carbonyl (C=O) groups is 3. The number of halogens is 1. The Balaban J connectivity index is 2.13. The van der Waals surface area contributed by atoms with E-state index in [4.69, 9.17) is 11.6 Å². The molecule has 0 aliphatic carbocycles. The van der Waals surface area contributed by atoms with Crippen LogP contribution in [0.3, 0.4) is 0 Å². The Morgan fingerprint density at radius 2 is 1.83 bits per heavy atom. The van der Waals surface area contributed by atoms with Crippen molar-refractivity contribution in [2.75, 3.05) is 19.6 Å². The number of hydrogen-bond donors (Lipinski definition) is 0. The van der Waals surface area contributed by atoms with E-state index in [0.29, 0.717) is 23.0 Å². The molecule has 0 atom stereocenters. The molecule has 122 valence electrons. The zero-order chi connectivity index (χ0) is 17.0. The van der Waals surface area contributed by atoms with Gasteiger partial charge in [0.15, 0.2) is 0 Å². The summed E-state index contributed by atoms with van der Waals surface area (Å²) >= 11 is 6.66. The van der Waals surface area contributed by atoms with Crippen LogP contribution in [0.5, 0.6) is 0 Å². The summed E-state index contributed by atoms with van der Waals surface area (Å²) in [5, 5.41) is 0.177. The largest absolute Gasteiger partial charge is 0.342 e. The molecule has 1 aromatic rings. The van der Waals surface area contributed by atoms with Gasteiger partial charge in [-0.1, -0.05) is 23.7 Å². The van der Waals surface area contributed by atoms with Crippen molar-refractivity contribution in [1.82, 2.24) is 9.80 Å². The van der Waals surface area contributed by atoms with Crippen LogP contribution < -0.4 is 0 Å². The Labute approximate surface area is 144 Å². The molecule has 3 amide bonds. The zero-order valence-electron chi connectivity index (χ0n) is 12.9. The highest BCUT2D eigenvalue weighted by Gasteiger charge is 2.36. The second-order valence-electron chi connectivity index (χ2n) is 4.89. The van der Waals surface area contributed by atoms with E-state index in [2.05, 4.69) is 0 Å². The summed E-state index contributed by atoms with van der Waals surface area (Å²) < 4.78 is 0. The number of carbonyl (C=O) groups excluding carboxylic acids is 3. The number of imide groups is 1. The molecule has 1 fully saturated rings. The molecule has 1 saturated heterocycles. The van der Waals surface area contributed by atoms with Crippen LogP contribution in [-0.2, 0) is 9.59 Å². The smallest absolute Gasteiger partial charge is 0.294 e. The average Bonchev–Trinajstić information content (AvgIpc) is 2.78. The maximum Gasteiger partial charge on any atom is 0.294 e. The summed E-state index contributed by atoms with van der Waals surface area (Å²) in [5.41, 5.74) is 0.773. The molecule has 0 N–H and O–H groups in total. The molecule has 5 nitrogen and oxygen atoms in total. The van der Waals surface area contributed by atoms with E-state index in [-0.39, 0.29) is 12.5 Å². The number of benzene rings is 1. The van der Waals surface area contributed by atoms with Crippen molar-refractivity contribution in [3.63, 3.8) is 0 Å². The van der Waals surface area contributed by atoms with Gasteiger partial charge in [0.1, 0.15) is 6.54 Å². The summed E-state index contributed by atoms with van der Waals surface area (Å²) in [6, 6.07) is 6.94. The molecule has 0 saturated carbocycles.